The van der Waals surface area contributed by atoms with E-state index in [-0.39, 0.29) is 0 Å². The summed E-state index contributed by atoms with van der Waals surface area (Å²) in [5, 5.41) is 8.50. The molecule has 2 aromatic rings. The SMILES string of the molecule is Cc1nc(Cn2nncc2CBr)co1. The lowest BCUT2D eigenvalue weighted by atomic mass is 10.4. The van der Waals surface area contributed by atoms with E-state index in [1.165, 1.54) is 0 Å². The van der Waals surface area contributed by atoms with Crippen molar-refractivity contribution in [1.82, 2.24) is 20.0 Å². The highest BCUT2D eigenvalue weighted by atomic mass is 79.9. The molecule has 2 aromatic heterocycles. The van der Waals surface area contributed by atoms with Crippen molar-refractivity contribution >= 4 is 15.9 Å². The summed E-state index contributed by atoms with van der Waals surface area (Å²) in [5.74, 6) is 0.667. The van der Waals surface area contributed by atoms with Crippen LogP contribution in [0.25, 0.3) is 0 Å². The van der Waals surface area contributed by atoms with Gasteiger partial charge in [-0.25, -0.2) is 9.67 Å². The molecule has 14 heavy (non-hydrogen) atoms. The molecule has 0 fully saturated rings. The monoisotopic (exact) mass is 256 g/mol. The number of hydrogen-bond donors (Lipinski definition) is 0. The van der Waals surface area contributed by atoms with Crippen LogP contribution in [0.5, 0.6) is 0 Å². The minimum absolute atomic E-state index is 0.596. The number of aryl methyl sites for hydroxylation is 1. The molecule has 0 aliphatic heterocycles. The molecule has 74 valence electrons. The molecule has 2 rings (SSSR count). The van der Waals surface area contributed by atoms with Crippen LogP contribution in [0.1, 0.15) is 17.3 Å². The summed E-state index contributed by atoms with van der Waals surface area (Å²) >= 11 is 3.36. The Bertz CT molecular complexity index is 422. The first-order valence-electron chi connectivity index (χ1n) is 4.14. The van der Waals surface area contributed by atoms with Crippen molar-refractivity contribution in [3.63, 3.8) is 0 Å². The highest BCUT2D eigenvalue weighted by Gasteiger charge is 2.05. The fourth-order valence-corrected chi connectivity index (χ4v) is 1.58. The minimum Gasteiger partial charge on any atom is -0.449 e. The maximum Gasteiger partial charge on any atom is 0.191 e. The van der Waals surface area contributed by atoms with Gasteiger partial charge in [0.25, 0.3) is 0 Å². The summed E-state index contributed by atoms with van der Waals surface area (Å²) in [5.41, 5.74) is 1.88. The smallest absolute Gasteiger partial charge is 0.191 e. The summed E-state index contributed by atoms with van der Waals surface area (Å²) < 4.78 is 6.89. The molecule has 0 atom stereocenters. The third kappa shape index (κ3) is 1.84. The van der Waals surface area contributed by atoms with Gasteiger partial charge in [-0.1, -0.05) is 21.1 Å². The van der Waals surface area contributed by atoms with Crippen LogP contribution in [0.15, 0.2) is 16.9 Å². The Kier molecular flexibility index (Phi) is 2.62. The van der Waals surface area contributed by atoms with E-state index in [4.69, 9.17) is 4.42 Å². The molecule has 0 saturated heterocycles. The van der Waals surface area contributed by atoms with Gasteiger partial charge >= 0.3 is 0 Å². The second-order valence-corrected chi connectivity index (χ2v) is 3.44. The van der Waals surface area contributed by atoms with Gasteiger partial charge in [-0.2, -0.15) is 0 Å². The number of alkyl halides is 1. The number of hydrogen-bond acceptors (Lipinski definition) is 4. The van der Waals surface area contributed by atoms with E-state index >= 15 is 0 Å². The van der Waals surface area contributed by atoms with Crippen LogP contribution in [0.4, 0.5) is 0 Å². The molecule has 5 nitrogen and oxygen atoms in total. The second kappa shape index (κ2) is 3.91. The summed E-state index contributed by atoms with van der Waals surface area (Å²) in [6.45, 7) is 2.41. The zero-order chi connectivity index (χ0) is 9.97. The Morgan fingerprint density at radius 3 is 3.07 bits per heavy atom. The maximum atomic E-state index is 5.10. The largest absolute Gasteiger partial charge is 0.449 e. The molecule has 0 amide bonds. The molecule has 0 aliphatic rings. The van der Waals surface area contributed by atoms with Crippen LogP contribution < -0.4 is 0 Å². The maximum absolute atomic E-state index is 5.10. The Balaban J connectivity index is 2.18. The van der Waals surface area contributed by atoms with Gasteiger partial charge in [0.2, 0.25) is 0 Å². The average Bonchev–Trinajstić information content (AvgIpc) is 2.76. The molecule has 0 N–H and O–H groups in total. The van der Waals surface area contributed by atoms with Gasteiger partial charge in [0.05, 0.1) is 18.4 Å². The molecule has 0 aliphatic carbocycles. The fraction of sp³-hybridized carbons (Fsp3) is 0.375. The quantitative estimate of drug-likeness (QED) is 0.782. The summed E-state index contributed by atoms with van der Waals surface area (Å²) in [6.07, 6.45) is 3.36. The van der Waals surface area contributed by atoms with Crippen molar-refractivity contribution in [3.05, 3.63) is 29.7 Å². The van der Waals surface area contributed by atoms with Crippen molar-refractivity contribution in [2.45, 2.75) is 18.8 Å². The zero-order valence-corrected chi connectivity index (χ0v) is 9.23. The van der Waals surface area contributed by atoms with Crippen LogP contribution in [0, 0.1) is 6.92 Å². The Hall–Kier alpha value is -1.17. The van der Waals surface area contributed by atoms with Crippen LogP contribution in [-0.2, 0) is 11.9 Å². The first-order valence-corrected chi connectivity index (χ1v) is 5.26. The average molecular weight is 257 g/mol. The van der Waals surface area contributed by atoms with Gasteiger partial charge in [-0.15, -0.1) is 5.10 Å². The summed E-state index contributed by atoms with van der Waals surface area (Å²) in [7, 11) is 0. The van der Waals surface area contributed by atoms with Crippen molar-refractivity contribution in [1.29, 1.82) is 0 Å². The van der Waals surface area contributed by atoms with Gasteiger partial charge in [0, 0.05) is 12.3 Å². The van der Waals surface area contributed by atoms with Crippen LogP contribution in [0.2, 0.25) is 0 Å². The molecule has 2 heterocycles. The van der Waals surface area contributed by atoms with E-state index in [9.17, 15) is 0 Å². The lowest BCUT2D eigenvalue weighted by Crippen LogP contribution is -2.05. The van der Waals surface area contributed by atoms with Gasteiger partial charge in [-0.05, 0) is 0 Å². The van der Waals surface area contributed by atoms with Crippen molar-refractivity contribution < 1.29 is 4.42 Å². The predicted octanol–water partition coefficient (Wildman–Crippen LogP) is 1.52. The third-order valence-electron chi connectivity index (χ3n) is 1.81. The standard InChI is InChI=1S/C8H9BrN4O/c1-6-11-7(5-14-6)4-13-8(2-9)3-10-12-13/h3,5H,2,4H2,1H3. The van der Waals surface area contributed by atoms with E-state index < -0.39 is 0 Å². The van der Waals surface area contributed by atoms with E-state index in [0.717, 1.165) is 16.7 Å². The summed E-state index contributed by atoms with van der Waals surface area (Å²) in [4.78, 5) is 4.19. The van der Waals surface area contributed by atoms with Crippen molar-refractivity contribution in [2.24, 2.45) is 0 Å². The minimum atomic E-state index is 0.596. The number of aromatic nitrogens is 4. The van der Waals surface area contributed by atoms with E-state index in [1.807, 2.05) is 6.92 Å². The fourth-order valence-electron chi connectivity index (χ4n) is 1.15. The molecule has 0 saturated carbocycles. The topological polar surface area (TPSA) is 56.7 Å². The van der Waals surface area contributed by atoms with E-state index in [0.29, 0.717) is 12.4 Å². The summed E-state index contributed by atoms with van der Waals surface area (Å²) in [6, 6.07) is 0. The van der Waals surface area contributed by atoms with Crippen LogP contribution in [0.3, 0.4) is 0 Å². The molecular formula is C8H9BrN4O. The molecule has 0 radical (unpaired) electrons. The van der Waals surface area contributed by atoms with Crippen LogP contribution >= 0.6 is 15.9 Å². The molecule has 6 heteroatoms. The normalized spacial score (nSPS) is 10.7. The first-order chi connectivity index (χ1) is 6.79. The number of halogens is 1. The Labute approximate surface area is 89.3 Å². The molecule has 0 bridgehead atoms. The number of rotatable bonds is 3. The molecular weight excluding hydrogens is 248 g/mol. The molecule has 0 spiro atoms. The van der Waals surface area contributed by atoms with E-state index in [2.05, 4.69) is 31.2 Å². The Morgan fingerprint density at radius 1 is 1.57 bits per heavy atom. The Morgan fingerprint density at radius 2 is 2.43 bits per heavy atom. The van der Waals surface area contributed by atoms with E-state index in [1.54, 1.807) is 17.1 Å². The first kappa shape index (κ1) is 9.39. The third-order valence-corrected chi connectivity index (χ3v) is 2.39. The van der Waals surface area contributed by atoms with Gasteiger partial charge < -0.3 is 4.42 Å². The highest BCUT2D eigenvalue weighted by molar-refractivity contribution is 9.08. The zero-order valence-electron chi connectivity index (χ0n) is 7.64. The number of oxazole rings is 1. The molecule has 0 aromatic carbocycles. The predicted molar refractivity (Wildman–Crippen MR) is 53.0 cm³/mol. The van der Waals surface area contributed by atoms with Crippen molar-refractivity contribution in [3.8, 4) is 0 Å². The highest BCUT2D eigenvalue weighted by Crippen LogP contribution is 2.07. The van der Waals surface area contributed by atoms with Crippen molar-refractivity contribution in [2.75, 3.05) is 0 Å². The number of nitrogens with zero attached hydrogens (tertiary/aromatic N) is 4. The lowest BCUT2D eigenvalue weighted by molar-refractivity contribution is 0.519. The van der Waals surface area contributed by atoms with Gasteiger partial charge in [0.1, 0.15) is 12.0 Å². The van der Waals surface area contributed by atoms with Gasteiger partial charge in [-0.3, -0.25) is 0 Å². The van der Waals surface area contributed by atoms with Crippen LogP contribution in [-0.4, -0.2) is 20.0 Å². The van der Waals surface area contributed by atoms with Gasteiger partial charge in [0.15, 0.2) is 5.89 Å². The lowest BCUT2D eigenvalue weighted by Gasteiger charge is -1.99. The second-order valence-electron chi connectivity index (χ2n) is 2.87. The molecule has 0 unspecified atom stereocenters.